The lowest BCUT2D eigenvalue weighted by atomic mass is 10.1. The van der Waals surface area contributed by atoms with Crippen LogP contribution < -0.4 is 5.32 Å². The lowest BCUT2D eigenvalue weighted by molar-refractivity contribution is -0.387. The van der Waals surface area contributed by atoms with E-state index in [2.05, 4.69) is 21.2 Å². The van der Waals surface area contributed by atoms with Gasteiger partial charge in [0.25, 0.3) is 5.91 Å². The minimum absolute atomic E-state index is 0.257. The number of carbonyl (C=O) groups excluding carboxylic acids is 1. The van der Waals surface area contributed by atoms with Gasteiger partial charge in [-0.1, -0.05) is 22.4 Å². The van der Waals surface area contributed by atoms with Crippen molar-refractivity contribution in [2.45, 2.75) is 19.3 Å². The van der Waals surface area contributed by atoms with Gasteiger partial charge in [-0.05, 0) is 18.9 Å². The average molecular weight is 351 g/mol. The molecule has 0 unspecified atom stereocenters. The molecule has 0 atom stereocenters. The molecule has 1 aromatic carbocycles. The molecule has 0 saturated carbocycles. The Labute approximate surface area is 122 Å². The number of benzene rings is 1. The topological polar surface area (TPSA) is 72.2 Å². The van der Waals surface area contributed by atoms with Crippen LogP contribution in [0.3, 0.4) is 0 Å². The first-order chi connectivity index (χ1) is 9.49. The number of unbranched alkanes of at least 4 members (excludes halogenated alkanes) is 2. The molecule has 1 N–H and O–H groups in total. The molecule has 1 aromatic rings. The Kier molecular flexibility index (Phi) is 6.50. The van der Waals surface area contributed by atoms with E-state index in [0.29, 0.717) is 18.6 Å². The largest absolute Gasteiger partial charge is 0.352 e. The molecule has 1 amide bonds. The lowest BCUT2D eigenvalue weighted by Crippen LogP contribution is -2.26. The van der Waals surface area contributed by atoms with E-state index in [9.17, 15) is 23.7 Å². The van der Waals surface area contributed by atoms with Crippen molar-refractivity contribution >= 4 is 27.5 Å². The fraction of sp³-hybridized carbons (Fsp3) is 0.417. The van der Waals surface area contributed by atoms with Crippen molar-refractivity contribution in [1.82, 2.24) is 5.32 Å². The number of nitro groups is 1. The molecule has 0 spiro atoms. The minimum atomic E-state index is -1.45. The summed E-state index contributed by atoms with van der Waals surface area (Å²) in [6.45, 7) is 0.257. The molecule has 1 rings (SSSR count). The van der Waals surface area contributed by atoms with Gasteiger partial charge in [0.1, 0.15) is 11.4 Å². The monoisotopic (exact) mass is 350 g/mol. The third-order valence-electron chi connectivity index (χ3n) is 2.59. The summed E-state index contributed by atoms with van der Waals surface area (Å²) in [5, 5.41) is 13.7. The van der Waals surface area contributed by atoms with E-state index in [1.54, 1.807) is 0 Å². The Morgan fingerprint density at radius 3 is 2.60 bits per heavy atom. The van der Waals surface area contributed by atoms with E-state index in [4.69, 9.17) is 0 Å². The molecular formula is C12H13BrF2N2O3. The molecule has 0 bridgehead atoms. The molecule has 0 saturated heterocycles. The maximum Gasteiger partial charge on any atom is 0.305 e. The average Bonchev–Trinajstić information content (AvgIpc) is 2.38. The zero-order valence-corrected chi connectivity index (χ0v) is 12.1. The van der Waals surface area contributed by atoms with E-state index in [1.165, 1.54) is 0 Å². The number of hydrogen-bond acceptors (Lipinski definition) is 3. The molecule has 0 radical (unpaired) electrons. The van der Waals surface area contributed by atoms with Crippen LogP contribution in [-0.2, 0) is 0 Å². The molecule has 20 heavy (non-hydrogen) atoms. The van der Waals surface area contributed by atoms with Gasteiger partial charge in [-0.25, -0.2) is 4.39 Å². The Balaban J connectivity index is 2.77. The number of halogens is 3. The van der Waals surface area contributed by atoms with Gasteiger partial charge in [0.05, 0.1) is 4.92 Å². The van der Waals surface area contributed by atoms with Crippen LogP contribution in [0.25, 0.3) is 0 Å². The van der Waals surface area contributed by atoms with Crippen molar-refractivity contribution in [2.75, 3.05) is 11.9 Å². The zero-order chi connectivity index (χ0) is 15.1. The molecule has 0 fully saturated rings. The van der Waals surface area contributed by atoms with Crippen LogP contribution in [0.1, 0.15) is 29.6 Å². The molecular weight excluding hydrogens is 338 g/mol. The highest BCUT2D eigenvalue weighted by Crippen LogP contribution is 2.22. The number of nitro benzene ring substituents is 1. The van der Waals surface area contributed by atoms with Gasteiger partial charge in [0, 0.05) is 17.9 Å². The van der Waals surface area contributed by atoms with Crippen LogP contribution in [0.4, 0.5) is 14.5 Å². The number of carbonyl (C=O) groups is 1. The molecule has 110 valence electrons. The van der Waals surface area contributed by atoms with E-state index in [-0.39, 0.29) is 6.54 Å². The van der Waals surface area contributed by atoms with Gasteiger partial charge < -0.3 is 5.32 Å². The summed E-state index contributed by atoms with van der Waals surface area (Å²) >= 11 is 3.26. The van der Waals surface area contributed by atoms with E-state index in [0.717, 1.165) is 18.2 Å². The summed E-state index contributed by atoms with van der Waals surface area (Å²) in [5.41, 5.74) is -1.84. The highest BCUT2D eigenvalue weighted by Gasteiger charge is 2.25. The van der Waals surface area contributed by atoms with Gasteiger partial charge in [0.15, 0.2) is 0 Å². The van der Waals surface area contributed by atoms with E-state index >= 15 is 0 Å². The summed E-state index contributed by atoms with van der Waals surface area (Å²) < 4.78 is 27.2. The third kappa shape index (κ3) is 4.22. The van der Waals surface area contributed by atoms with Crippen LogP contribution in [0.15, 0.2) is 12.1 Å². The second-order valence-electron chi connectivity index (χ2n) is 4.02. The Bertz CT molecular complexity index is 512. The fourth-order valence-corrected chi connectivity index (χ4v) is 1.97. The maximum atomic E-state index is 13.7. The summed E-state index contributed by atoms with van der Waals surface area (Å²) in [6, 6.07) is 1.40. The second kappa shape index (κ2) is 7.88. The van der Waals surface area contributed by atoms with Crippen molar-refractivity contribution in [3.63, 3.8) is 0 Å². The van der Waals surface area contributed by atoms with Crippen LogP contribution in [0, 0.1) is 21.7 Å². The quantitative estimate of drug-likeness (QED) is 0.355. The van der Waals surface area contributed by atoms with Crippen molar-refractivity contribution in [2.24, 2.45) is 0 Å². The van der Waals surface area contributed by atoms with E-state index in [1.807, 2.05) is 0 Å². The van der Waals surface area contributed by atoms with E-state index < -0.39 is 33.7 Å². The first-order valence-corrected chi connectivity index (χ1v) is 7.07. The minimum Gasteiger partial charge on any atom is -0.352 e. The third-order valence-corrected chi connectivity index (χ3v) is 3.15. The molecule has 0 aromatic heterocycles. The fourth-order valence-electron chi connectivity index (χ4n) is 1.58. The van der Waals surface area contributed by atoms with Gasteiger partial charge in [-0.15, -0.1) is 0 Å². The maximum absolute atomic E-state index is 13.7. The molecule has 8 heteroatoms. The number of hydrogen-bond donors (Lipinski definition) is 1. The number of alkyl halides is 1. The standard InChI is InChI=1S/C12H13BrF2N2O3/c13-6-2-1-3-7-16-12(18)10-8(14)4-5-9(11(10)15)17(19)20/h4-5H,1-3,6-7H2,(H,16,18). The first kappa shape index (κ1) is 16.5. The highest BCUT2D eigenvalue weighted by molar-refractivity contribution is 9.09. The number of rotatable bonds is 7. The Morgan fingerprint density at radius 2 is 2.00 bits per heavy atom. The molecule has 5 nitrogen and oxygen atoms in total. The predicted octanol–water partition coefficient (Wildman–Crippen LogP) is 3.17. The highest BCUT2D eigenvalue weighted by atomic mass is 79.9. The predicted molar refractivity (Wildman–Crippen MR) is 73.0 cm³/mol. The zero-order valence-electron chi connectivity index (χ0n) is 10.5. The molecule has 0 heterocycles. The van der Waals surface area contributed by atoms with Gasteiger partial charge in [-0.2, -0.15) is 4.39 Å². The summed E-state index contributed by atoms with van der Waals surface area (Å²) in [7, 11) is 0. The van der Waals surface area contributed by atoms with Crippen LogP contribution in [-0.4, -0.2) is 22.7 Å². The summed E-state index contributed by atoms with van der Waals surface area (Å²) in [6.07, 6.45) is 2.44. The number of amides is 1. The van der Waals surface area contributed by atoms with Crippen LogP contribution in [0.5, 0.6) is 0 Å². The number of nitrogens with zero attached hydrogens (tertiary/aromatic N) is 1. The summed E-state index contributed by atoms with van der Waals surface area (Å²) in [5.74, 6) is -3.55. The molecule has 0 aliphatic heterocycles. The van der Waals surface area contributed by atoms with Crippen molar-refractivity contribution < 1.29 is 18.5 Å². The molecule has 0 aliphatic carbocycles. The van der Waals surface area contributed by atoms with Crippen molar-refractivity contribution in [1.29, 1.82) is 0 Å². The van der Waals surface area contributed by atoms with Crippen molar-refractivity contribution in [3.05, 3.63) is 39.4 Å². The summed E-state index contributed by atoms with van der Waals surface area (Å²) in [4.78, 5) is 21.2. The van der Waals surface area contributed by atoms with Crippen LogP contribution >= 0.6 is 15.9 Å². The van der Waals surface area contributed by atoms with Gasteiger partial charge in [-0.3, -0.25) is 14.9 Å². The van der Waals surface area contributed by atoms with Gasteiger partial charge >= 0.3 is 5.69 Å². The van der Waals surface area contributed by atoms with Crippen molar-refractivity contribution in [3.8, 4) is 0 Å². The Hall–Kier alpha value is -1.57. The Morgan fingerprint density at radius 1 is 1.30 bits per heavy atom. The van der Waals surface area contributed by atoms with Gasteiger partial charge in [0.2, 0.25) is 5.82 Å². The number of nitrogens with one attached hydrogen (secondary N) is 1. The lowest BCUT2D eigenvalue weighted by Gasteiger charge is -2.07. The smallest absolute Gasteiger partial charge is 0.305 e. The first-order valence-electron chi connectivity index (χ1n) is 5.95. The second-order valence-corrected chi connectivity index (χ2v) is 4.81. The molecule has 0 aliphatic rings. The SMILES string of the molecule is O=C(NCCCCCBr)c1c(F)ccc([N+](=O)[O-])c1F. The normalized spacial score (nSPS) is 10.3. The van der Waals surface area contributed by atoms with Crippen LogP contribution in [0.2, 0.25) is 0 Å².